The number of aromatic nitrogens is 1. The molecule has 1 aromatic rings. The molecular formula is C15H23N3O3. The molecule has 21 heavy (non-hydrogen) atoms. The SMILES string of the molecule is Cc1cnc(CNC(C)C2CCOCC2)c(C)c1[N+](=O)[O-]. The Kier molecular flexibility index (Phi) is 5.25. The Morgan fingerprint density at radius 3 is 2.76 bits per heavy atom. The molecule has 116 valence electrons. The lowest BCUT2D eigenvalue weighted by Gasteiger charge is -2.28. The summed E-state index contributed by atoms with van der Waals surface area (Å²) in [5.74, 6) is 0.597. The average molecular weight is 293 g/mol. The van der Waals surface area contributed by atoms with E-state index in [2.05, 4.69) is 17.2 Å². The zero-order valence-corrected chi connectivity index (χ0v) is 12.9. The Morgan fingerprint density at radius 2 is 2.14 bits per heavy atom. The van der Waals surface area contributed by atoms with Crippen molar-refractivity contribution in [3.05, 3.63) is 33.1 Å². The number of rotatable bonds is 5. The van der Waals surface area contributed by atoms with Gasteiger partial charge in [0.2, 0.25) is 0 Å². The first-order chi connectivity index (χ1) is 10.0. The molecule has 0 aromatic carbocycles. The quantitative estimate of drug-likeness (QED) is 0.666. The number of hydrogen-bond donors (Lipinski definition) is 1. The van der Waals surface area contributed by atoms with E-state index in [0.717, 1.165) is 31.7 Å². The van der Waals surface area contributed by atoms with Crippen LogP contribution in [0.4, 0.5) is 5.69 Å². The molecule has 1 aliphatic heterocycles. The van der Waals surface area contributed by atoms with Crippen LogP contribution in [0.2, 0.25) is 0 Å². The van der Waals surface area contributed by atoms with Crippen molar-refractivity contribution in [1.29, 1.82) is 0 Å². The monoisotopic (exact) mass is 293 g/mol. The zero-order valence-electron chi connectivity index (χ0n) is 12.9. The van der Waals surface area contributed by atoms with Crippen molar-refractivity contribution in [3.8, 4) is 0 Å². The van der Waals surface area contributed by atoms with E-state index in [1.54, 1.807) is 20.0 Å². The van der Waals surface area contributed by atoms with Gasteiger partial charge in [0.05, 0.1) is 10.6 Å². The fourth-order valence-electron chi connectivity index (χ4n) is 2.86. The van der Waals surface area contributed by atoms with Crippen LogP contribution in [0.1, 0.15) is 36.6 Å². The van der Waals surface area contributed by atoms with Gasteiger partial charge in [-0.15, -0.1) is 0 Å². The summed E-state index contributed by atoms with van der Waals surface area (Å²) in [4.78, 5) is 15.1. The first kappa shape index (κ1) is 15.9. The van der Waals surface area contributed by atoms with Crippen LogP contribution in [0.25, 0.3) is 0 Å². The van der Waals surface area contributed by atoms with E-state index in [4.69, 9.17) is 4.74 Å². The predicted octanol–water partition coefficient (Wildman–Crippen LogP) is 2.51. The second-order valence-corrected chi connectivity index (χ2v) is 5.74. The molecule has 2 rings (SSSR count). The number of nitrogens with one attached hydrogen (secondary N) is 1. The molecule has 0 saturated carbocycles. The van der Waals surface area contributed by atoms with Gasteiger partial charge in [0, 0.05) is 43.1 Å². The standard InChI is InChI=1S/C15H23N3O3/c1-10-8-17-14(11(2)15(10)18(19)20)9-16-12(3)13-4-6-21-7-5-13/h8,12-13,16H,4-7,9H2,1-3H3. The van der Waals surface area contributed by atoms with Crippen LogP contribution < -0.4 is 5.32 Å². The minimum Gasteiger partial charge on any atom is -0.381 e. The van der Waals surface area contributed by atoms with Crippen LogP contribution in [-0.2, 0) is 11.3 Å². The maximum absolute atomic E-state index is 11.1. The van der Waals surface area contributed by atoms with Crippen molar-refractivity contribution in [2.45, 2.75) is 46.2 Å². The molecule has 1 fully saturated rings. The number of pyridine rings is 1. The van der Waals surface area contributed by atoms with Crippen LogP contribution in [0.15, 0.2) is 6.20 Å². The van der Waals surface area contributed by atoms with Gasteiger partial charge in [-0.3, -0.25) is 15.1 Å². The number of aryl methyl sites for hydroxylation is 1. The third-order valence-corrected chi connectivity index (χ3v) is 4.32. The summed E-state index contributed by atoms with van der Waals surface area (Å²) < 4.78 is 5.37. The maximum atomic E-state index is 11.1. The molecule has 2 heterocycles. The summed E-state index contributed by atoms with van der Waals surface area (Å²) in [7, 11) is 0. The molecule has 0 radical (unpaired) electrons. The molecule has 6 heteroatoms. The summed E-state index contributed by atoms with van der Waals surface area (Å²) in [6, 6.07) is 0.357. The molecular weight excluding hydrogens is 270 g/mol. The number of ether oxygens (including phenoxy) is 1. The van der Waals surface area contributed by atoms with Crippen molar-refractivity contribution in [3.63, 3.8) is 0 Å². The molecule has 0 amide bonds. The Balaban J connectivity index is 2.03. The van der Waals surface area contributed by atoms with Gasteiger partial charge >= 0.3 is 0 Å². The highest BCUT2D eigenvalue weighted by molar-refractivity contribution is 5.47. The third-order valence-electron chi connectivity index (χ3n) is 4.32. The van der Waals surface area contributed by atoms with Gasteiger partial charge in [-0.05, 0) is 39.5 Å². The highest BCUT2D eigenvalue weighted by Crippen LogP contribution is 2.24. The second kappa shape index (κ2) is 6.95. The van der Waals surface area contributed by atoms with Crippen molar-refractivity contribution >= 4 is 5.69 Å². The van der Waals surface area contributed by atoms with E-state index >= 15 is 0 Å². The number of nitro groups is 1. The van der Waals surface area contributed by atoms with E-state index in [-0.39, 0.29) is 10.6 Å². The summed E-state index contributed by atoms with van der Waals surface area (Å²) in [6.07, 6.45) is 3.71. The van der Waals surface area contributed by atoms with E-state index in [1.165, 1.54) is 0 Å². The summed E-state index contributed by atoms with van der Waals surface area (Å²) in [5.41, 5.74) is 2.21. The van der Waals surface area contributed by atoms with Crippen molar-refractivity contribution in [1.82, 2.24) is 10.3 Å². The normalized spacial score (nSPS) is 17.7. The molecule has 0 bridgehead atoms. The molecule has 0 spiro atoms. The van der Waals surface area contributed by atoms with Gasteiger partial charge in [-0.2, -0.15) is 0 Å². The van der Waals surface area contributed by atoms with Crippen LogP contribution in [0.3, 0.4) is 0 Å². The topological polar surface area (TPSA) is 77.3 Å². The number of nitrogens with zero attached hydrogens (tertiary/aromatic N) is 2. The summed E-state index contributed by atoms with van der Waals surface area (Å²) >= 11 is 0. The van der Waals surface area contributed by atoms with E-state index < -0.39 is 0 Å². The average Bonchev–Trinajstić information content (AvgIpc) is 2.46. The zero-order chi connectivity index (χ0) is 15.4. The van der Waals surface area contributed by atoms with Gasteiger partial charge in [0.15, 0.2) is 0 Å². The van der Waals surface area contributed by atoms with Gasteiger partial charge in [-0.1, -0.05) is 0 Å². The lowest BCUT2D eigenvalue weighted by molar-refractivity contribution is -0.386. The Labute approximate surface area is 125 Å². The maximum Gasteiger partial charge on any atom is 0.278 e. The Hall–Kier alpha value is -1.53. The number of hydrogen-bond acceptors (Lipinski definition) is 5. The van der Waals surface area contributed by atoms with E-state index in [9.17, 15) is 10.1 Å². The molecule has 1 saturated heterocycles. The first-order valence-corrected chi connectivity index (χ1v) is 7.41. The highest BCUT2D eigenvalue weighted by Gasteiger charge is 2.22. The molecule has 1 unspecified atom stereocenters. The molecule has 0 aliphatic carbocycles. The van der Waals surface area contributed by atoms with E-state index in [1.807, 2.05) is 0 Å². The fraction of sp³-hybridized carbons (Fsp3) is 0.667. The predicted molar refractivity (Wildman–Crippen MR) is 80.2 cm³/mol. The van der Waals surface area contributed by atoms with Crippen molar-refractivity contribution < 1.29 is 9.66 Å². The van der Waals surface area contributed by atoms with Gasteiger partial charge in [-0.25, -0.2) is 0 Å². The molecule has 1 atom stereocenters. The van der Waals surface area contributed by atoms with Crippen LogP contribution in [-0.4, -0.2) is 29.2 Å². The lowest BCUT2D eigenvalue weighted by atomic mass is 9.93. The Morgan fingerprint density at radius 1 is 1.48 bits per heavy atom. The van der Waals surface area contributed by atoms with Crippen molar-refractivity contribution in [2.75, 3.05) is 13.2 Å². The van der Waals surface area contributed by atoms with Crippen LogP contribution in [0, 0.1) is 29.9 Å². The highest BCUT2D eigenvalue weighted by atomic mass is 16.6. The molecule has 1 aromatic heterocycles. The smallest absolute Gasteiger partial charge is 0.278 e. The second-order valence-electron chi connectivity index (χ2n) is 5.74. The summed E-state index contributed by atoms with van der Waals surface area (Å²) in [5, 5.41) is 14.6. The molecule has 6 nitrogen and oxygen atoms in total. The minimum atomic E-state index is -0.322. The lowest BCUT2D eigenvalue weighted by Crippen LogP contribution is -2.36. The third kappa shape index (κ3) is 3.77. The van der Waals surface area contributed by atoms with Crippen LogP contribution in [0.5, 0.6) is 0 Å². The van der Waals surface area contributed by atoms with Gasteiger partial charge in [0.1, 0.15) is 0 Å². The largest absolute Gasteiger partial charge is 0.381 e. The summed E-state index contributed by atoms with van der Waals surface area (Å²) in [6.45, 7) is 7.86. The molecule has 1 N–H and O–H groups in total. The minimum absolute atomic E-state index is 0.181. The van der Waals surface area contributed by atoms with Crippen molar-refractivity contribution in [2.24, 2.45) is 5.92 Å². The molecule has 1 aliphatic rings. The van der Waals surface area contributed by atoms with Gasteiger partial charge in [0.25, 0.3) is 5.69 Å². The first-order valence-electron chi connectivity index (χ1n) is 7.41. The van der Waals surface area contributed by atoms with Gasteiger partial charge < -0.3 is 10.1 Å². The fourth-order valence-corrected chi connectivity index (χ4v) is 2.86. The Bertz CT molecular complexity index is 513. The van der Waals surface area contributed by atoms with E-state index in [0.29, 0.717) is 29.6 Å². The van der Waals surface area contributed by atoms with Crippen LogP contribution >= 0.6 is 0 Å².